The molecule has 68 heavy (non-hydrogen) atoms. The van der Waals surface area contributed by atoms with E-state index in [0.29, 0.717) is 19.3 Å². The van der Waals surface area contributed by atoms with E-state index in [0.717, 1.165) is 64.2 Å². The molecule has 0 bridgehead atoms. The van der Waals surface area contributed by atoms with E-state index in [4.69, 9.17) is 14.2 Å². The first kappa shape index (κ1) is 65.9. The van der Waals surface area contributed by atoms with Gasteiger partial charge in [-0.3, -0.25) is 14.4 Å². The molecule has 0 aromatic rings. The van der Waals surface area contributed by atoms with Gasteiger partial charge in [0.05, 0.1) is 0 Å². The zero-order chi connectivity index (χ0) is 49.3. The van der Waals surface area contributed by atoms with Crippen molar-refractivity contribution in [1.29, 1.82) is 0 Å². The molecule has 6 heteroatoms. The second-order valence-corrected chi connectivity index (χ2v) is 20.6. The summed E-state index contributed by atoms with van der Waals surface area (Å²) in [4.78, 5) is 38.2. The van der Waals surface area contributed by atoms with Crippen molar-refractivity contribution in [2.24, 2.45) is 0 Å². The fraction of sp³-hybridized carbons (Fsp3) is 0.887. The third-order valence-electron chi connectivity index (χ3n) is 13.7. The van der Waals surface area contributed by atoms with Crippen molar-refractivity contribution in [3.05, 3.63) is 24.3 Å². The van der Waals surface area contributed by atoms with Crippen LogP contribution in [0.15, 0.2) is 24.3 Å². The van der Waals surface area contributed by atoms with Crippen LogP contribution in [-0.4, -0.2) is 37.2 Å². The highest BCUT2D eigenvalue weighted by molar-refractivity contribution is 5.71. The molecular formula is C62H116O6. The molecule has 6 nitrogen and oxygen atoms in total. The molecule has 0 fully saturated rings. The first-order valence-corrected chi connectivity index (χ1v) is 30.3. The van der Waals surface area contributed by atoms with Gasteiger partial charge in [0.15, 0.2) is 6.10 Å². The highest BCUT2D eigenvalue weighted by Gasteiger charge is 2.19. The molecule has 0 aliphatic rings. The number of ether oxygens (including phenoxy) is 3. The van der Waals surface area contributed by atoms with Crippen LogP contribution in [0, 0.1) is 0 Å². The van der Waals surface area contributed by atoms with E-state index >= 15 is 0 Å². The largest absolute Gasteiger partial charge is 0.462 e. The molecule has 0 aliphatic carbocycles. The zero-order valence-corrected chi connectivity index (χ0v) is 45.9. The van der Waals surface area contributed by atoms with Gasteiger partial charge in [0, 0.05) is 19.3 Å². The number of allylic oxidation sites excluding steroid dienone is 4. The summed E-state index contributed by atoms with van der Waals surface area (Å²) >= 11 is 0. The van der Waals surface area contributed by atoms with Gasteiger partial charge in [-0.1, -0.05) is 289 Å². The van der Waals surface area contributed by atoms with E-state index in [1.807, 2.05) is 0 Å². The first-order valence-electron chi connectivity index (χ1n) is 30.3. The molecule has 0 heterocycles. The van der Waals surface area contributed by atoms with Gasteiger partial charge in [-0.25, -0.2) is 0 Å². The normalized spacial score (nSPS) is 12.1. The average Bonchev–Trinajstić information content (AvgIpc) is 3.34. The molecule has 0 aromatic heterocycles. The molecule has 0 saturated carbocycles. The molecule has 0 radical (unpaired) electrons. The SMILES string of the molecule is CCCCC/C=C\C/C=C\CCCCCCCCCCCC(=O)OCC(COC(=O)CCCCCCCCCCCCCCC)OC(=O)CCCCCCCCCCCCCCCCCCCC. The lowest BCUT2D eigenvalue weighted by molar-refractivity contribution is -0.167. The summed E-state index contributed by atoms with van der Waals surface area (Å²) in [6.07, 6.45) is 67.4. The van der Waals surface area contributed by atoms with Crippen molar-refractivity contribution in [2.45, 2.75) is 341 Å². The average molecular weight is 958 g/mol. The van der Waals surface area contributed by atoms with Gasteiger partial charge in [0.1, 0.15) is 13.2 Å². The molecule has 0 rings (SSSR count). The third-order valence-corrected chi connectivity index (χ3v) is 13.7. The number of hydrogen-bond donors (Lipinski definition) is 0. The van der Waals surface area contributed by atoms with Crippen molar-refractivity contribution in [3.8, 4) is 0 Å². The minimum atomic E-state index is -0.768. The van der Waals surface area contributed by atoms with Crippen LogP contribution in [0.4, 0.5) is 0 Å². The van der Waals surface area contributed by atoms with Gasteiger partial charge in [-0.05, 0) is 51.4 Å². The molecule has 1 unspecified atom stereocenters. The topological polar surface area (TPSA) is 78.9 Å². The molecule has 0 amide bonds. The lowest BCUT2D eigenvalue weighted by Gasteiger charge is -2.18. The van der Waals surface area contributed by atoms with Gasteiger partial charge >= 0.3 is 17.9 Å². The number of carbonyl (C=O) groups excluding carboxylic acids is 3. The molecule has 0 N–H and O–H groups in total. The second-order valence-electron chi connectivity index (χ2n) is 20.6. The first-order chi connectivity index (χ1) is 33.5. The summed E-state index contributed by atoms with van der Waals surface area (Å²) in [5.41, 5.74) is 0. The van der Waals surface area contributed by atoms with Crippen LogP contribution in [0.1, 0.15) is 335 Å². The zero-order valence-electron chi connectivity index (χ0n) is 45.9. The summed E-state index contributed by atoms with van der Waals surface area (Å²) in [6.45, 7) is 6.67. The maximum Gasteiger partial charge on any atom is 0.306 e. The minimum absolute atomic E-state index is 0.0665. The van der Waals surface area contributed by atoms with Crippen molar-refractivity contribution in [3.63, 3.8) is 0 Å². The van der Waals surface area contributed by atoms with Crippen LogP contribution in [-0.2, 0) is 28.6 Å². The van der Waals surface area contributed by atoms with Crippen LogP contribution in [0.25, 0.3) is 0 Å². The molecule has 0 aliphatic heterocycles. The second kappa shape index (κ2) is 57.5. The van der Waals surface area contributed by atoms with Gasteiger partial charge in [-0.2, -0.15) is 0 Å². The number of carbonyl (C=O) groups is 3. The highest BCUT2D eigenvalue weighted by Crippen LogP contribution is 2.17. The van der Waals surface area contributed by atoms with Crippen LogP contribution >= 0.6 is 0 Å². The predicted octanol–water partition coefficient (Wildman–Crippen LogP) is 20.3. The molecule has 1 atom stereocenters. The monoisotopic (exact) mass is 957 g/mol. The van der Waals surface area contributed by atoms with Crippen molar-refractivity contribution in [1.82, 2.24) is 0 Å². The van der Waals surface area contributed by atoms with E-state index in [2.05, 4.69) is 45.1 Å². The Hall–Kier alpha value is -2.11. The molecule has 0 spiro atoms. The van der Waals surface area contributed by atoms with E-state index in [-0.39, 0.29) is 31.1 Å². The molecule has 400 valence electrons. The highest BCUT2D eigenvalue weighted by atomic mass is 16.6. The van der Waals surface area contributed by atoms with Crippen molar-refractivity contribution >= 4 is 17.9 Å². The Morgan fingerprint density at radius 1 is 0.294 bits per heavy atom. The molecule has 0 aromatic carbocycles. The Morgan fingerprint density at radius 3 is 0.838 bits per heavy atom. The summed E-state index contributed by atoms with van der Waals surface area (Å²) in [5, 5.41) is 0. The van der Waals surface area contributed by atoms with Crippen LogP contribution in [0.2, 0.25) is 0 Å². The fourth-order valence-corrected chi connectivity index (χ4v) is 9.12. The Kier molecular flexibility index (Phi) is 55.7. The summed E-state index contributed by atoms with van der Waals surface area (Å²) < 4.78 is 16.9. The maximum atomic E-state index is 12.9. The molecule has 0 saturated heterocycles. The van der Waals surface area contributed by atoms with Gasteiger partial charge in [0.25, 0.3) is 0 Å². The standard InChI is InChI=1S/C62H116O6/c1-4-7-10-13-16-19-22-25-27-29-31-33-34-37-40-43-46-49-52-55-61(64)67-58-59(57-66-60(63)54-51-48-45-42-39-36-24-21-18-15-12-9-6-3)68-62(65)56-53-50-47-44-41-38-35-32-30-28-26-23-20-17-14-11-8-5-2/h16,19,25,27,59H,4-15,17-18,20-24,26,28-58H2,1-3H3/b19-16-,27-25-. The summed E-state index contributed by atoms with van der Waals surface area (Å²) in [5.74, 6) is -0.846. The third kappa shape index (κ3) is 54.8. The van der Waals surface area contributed by atoms with Crippen LogP contribution in [0.3, 0.4) is 0 Å². The minimum Gasteiger partial charge on any atom is -0.462 e. The maximum absolute atomic E-state index is 12.9. The Balaban J connectivity index is 4.30. The smallest absolute Gasteiger partial charge is 0.306 e. The number of unbranched alkanes of at least 4 members (excludes halogenated alkanes) is 41. The summed E-state index contributed by atoms with van der Waals surface area (Å²) in [7, 11) is 0. The number of rotatable bonds is 56. The number of esters is 3. The summed E-state index contributed by atoms with van der Waals surface area (Å²) in [6, 6.07) is 0. The van der Waals surface area contributed by atoms with Crippen molar-refractivity contribution in [2.75, 3.05) is 13.2 Å². The van der Waals surface area contributed by atoms with E-state index < -0.39 is 6.10 Å². The van der Waals surface area contributed by atoms with Gasteiger partial charge < -0.3 is 14.2 Å². The Labute approximate surface area is 423 Å². The lowest BCUT2D eigenvalue weighted by Crippen LogP contribution is -2.30. The van der Waals surface area contributed by atoms with E-state index in [9.17, 15) is 14.4 Å². The quantitative estimate of drug-likeness (QED) is 0.0262. The number of hydrogen-bond acceptors (Lipinski definition) is 6. The van der Waals surface area contributed by atoms with E-state index in [1.54, 1.807) is 0 Å². The van der Waals surface area contributed by atoms with Gasteiger partial charge in [0.2, 0.25) is 0 Å². The van der Waals surface area contributed by atoms with E-state index in [1.165, 1.54) is 231 Å². The van der Waals surface area contributed by atoms with Gasteiger partial charge in [-0.15, -0.1) is 0 Å². The Bertz CT molecular complexity index is 1100. The van der Waals surface area contributed by atoms with Crippen LogP contribution in [0.5, 0.6) is 0 Å². The fourth-order valence-electron chi connectivity index (χ4n) is 9.12. The predicted molar refractivity (Wildman–Crippen MR) is 293 cm³/mol. The van der Waals surface area contributed by atoms with Crippen LogP contribution < -0.4 is 0 Å². The lowest BCUT2D eigenvalue weighted by atomic mass is 10.0. The van der Waals surface area contributed by atoms with Crippen molar-refractivity contribution < 1.29 is 28.6 Å². The molecular weight excluding hydrogens is 841 g/mol. The Morgan fingerprint density at radius 2 is 0.529 bits per heavy atom.